The van der Waals surface area contributed by atoms with Crippen LogP contribution in [0.25, 0.3) is 6.08 Å². The molecule has 0 saturated carbocycles. The molecule has 0 bridgehead atoms. The van der Waals surface area contributed by atoms with E-state index in [2.05, 4.69) is 41.1 Å². The maximum Gasteiger partial charge on any atom is 0.292 e. The molecule has 2 aromatic rings. The number of nitrogens with zero attached hydrogens (tertiary/aromatic N) is 4. The van der Waals surface area contributed by atoms with Gasteiger partial charge in [0.2, 0.25) is 5.91 Å². The van der Waals surface area contributed by atoms with Gasteiger partial charge in [-0.15, -0.1) is 0 Å². The van der Waals surface area contributed by atoms with Crippen molar-refractivity contribution in [3.8, 4) is 0 Å². The number of nitro groups is 1. The highest BCUT2D eigenvalue weighted by atomic mass is 32.1. The first kappa shape index (κ1) is 26.6. The van der Waals surface area contributed by atoms with Crippen LogP contribution in [0.15, 0.2) is 48.5 Å². The molecule has 0 aliphatic carbocycles. The van der Waals surface area contributed by atoms with Gasteiger partial charge in [0.05, 0.1) is 4.92 Å². The van der Waals surface area contributed by atoms with Crippen LogP contribution in [0, 0.1) is 10.1 Å². The molecular formula is C28H35N5O3S. The summed E-state index contributed by atoms with van der Waals surface area (Å²) in [5.41, 5.74) is 4.08. The number of hydrogen-bond acceptors (Lipinski definition) is 6. The van der Waals surface area contributed by atoms with Crippen LogP contribution in [0.5, 0.6) is 0 Å². The van der Waals surface area contributed by atoms with Crippen LogP contribution in [0.1, 0.15) is 50.2 Å². The number of nitrogens with one attached hydrogen (secondary N) is 1. The van der Waals surface area contributed by atoms with E-state index in [0.717, 1.165) is 37.2 Å². The van der Waals surface area contributed by atoms with Crippen molar-refractivity contribution in [2.45, 2.75) is 39.0 Å². The molecule has 2 aliphatic heterocycles. The summed E-state index contributed by atoms with van der Waals surface area (Å²) < 4.78 is 0. The zero-order valence-electron chi connectivity index (χ0n) is 21.6. The molecule has 0 radical (unpaired) electrons. The minimum atomic E-state index is -0.290. The van der Waals surface area contributed by atoms with Gasteiger partial charge in [-0.3, -0.25) is 20.2 Å². The Labute approximate surface area is 224 Å². The highest BCUT2D eigenvalue weighted by molar-refractivity contribution is 7.80. The average molecular weight is 522 g/mol. The van der Waals surface area contributed by atoms with Crippen LogP contribution in [0.2, 0.25) is 0 Å². The van der Waals surface area contributed by atoms with Gasteiger partial charge >= 0.3 is 0 Å². The highest BCUT2D eigenvalue weighted by Crippen LogP contribution is 2.34. The van der Waals surface area contributed by atoms with E-state index in [-0.39, 0.29) is 16.5 Å². The second-order valence-electron chi connectivity index (χ2n) is 9.90. The monoisotopic (exact) mass is 521 g/mol. The third-order valence-electron chi connectivity index (χ3n) is 7.04. The van der Waals surface area contributed by atoms with E-state index in [1.807, 2.05) is 29.2 Å². The molecule has 37 heavy (non-hydrogen) atoms. The number of carbonyl (C=O) groups is 1. The zero-order chi connectivity index (χ0) is 26.4. The van der Waals surface area contributed by atoms with Crippen LogP contribution in [-0.2, 0) is 4.79 Å². The third-order valence-corrected chi connectivity index (χ3v) is 7.41. The number of hydrogen-bond donors (Lipinski definition) is 1. The summed E-state index contributed by atoms with van der Waals surface area (Å²) in [6, 6.07) is 13.6. The summed E-state index contributed by atoms with van der Waals surface area (Å²) in [6.07, 6.45) is 6.58. The predicted octanol–water partition coefficient (Wildman–Crippen LogP) is 4.95. The Morgan fingerprint density at radius 1 is 0.973 bits per heavy atom. The molecule has 4 rings (SSSR count). The number of rotatable bonds is 6. The molecule has 2 saturated heterocycles. The van der Waals surface area contributed by atoms with Gasteiger partial charge < -0.3 is 14.7 Å². The molecule has 9 heteroatoms. The van der Waals surface area contributed by atoms with Crippen molar-refractivity contribution >= 4 is 46.4 Å². The Hall–Kier alpha value is -3.46. The van der Waals surface area contributed by atoms with E-state index in [4.69, 9.17) is 12.2 Å². The molecule has 1 N–H and O–H groups in total. The first-order valence-electron chi connectivity index (χ1n) is 13.0. The summed E-state index contributed by atoms with van der Waals surface area (Å²) in [4.78, 5) is 30.1. The van der Waals surface area contributed by atoms with Crippen molar-refractivity contribution < 1.29 is 9.72 Å². The largest absolute Gasteiger partial charge is 0.368 e. The smallest absolute Gasteiger partial charge is 0.292 e. The molecule has 2 fully saturated rings. The highest BCUT2D eigenvalue weighted by Gasteiger charge is 2.25. The van der Waals surface area contributed by atoms with Gasteiger partial charge in [0.1, 0.15) is 5.69 Å². The Morgan fingerprint density at radius 3 is 2.27 bits per heavy atom. The maximum absolute atomic E-state index is 12.4. The Bertz CT molecular complexity index is 1150. The number of nitro benzene ring substituents is 1. The Morgan fingerprint density at radius 2 is 1.65 bits per heavy atom. The zero-order valence-corrected chi connectivity index (χ0v) is 22.4. The number of benzene rings is 2. The van der Waals surface area contributed by atoms with Crippen LogP contribution in [-0.4, -0.2) is 60.1 Å². The van der Waals surface area contributed by atoms with Gasteiger partial charge in [-0.05, 0) is 66.7 Å². The quantitative estimate of drug-likeness (QED) is 0.249. The third kappa shape index (κ3) is 6.85. The molecule has 0 unspecified atom stereocenters. The van der Waals surface area contributed by atoms with E-state index < -0.39 is 0 Å². The van der Waals surface area contributed by atoms with Crippen molar-refractivity contribution in [2.24, 2.45) is 0 Å². The van der Waals surface area contributed by atoms with Crippen LogP contribution >= 0.6 is 12.2 Å². The van der Waals surface area contributed by atoms with Crippen LogP contribution in [0.3, 0.4) is 0 Å². The average Bonchev–Trinajstić information content (AvgIpc) is 2.92. The van der Waals surface area contributed by atoms with Gasteiger partial charge in [-0.1, -0.05) is 38.1 Å². The van der Waals surface area contributed by atoms with Crippen molar-refractivity contribution in [2.75, 3.05) is 49.1 Å². The maximum atomic E-state index is 12.4. The summed E-state index contributed by atoms with van der Waals surface area (Å²) in [5.74, 6) is 0.221. The summed E-state index contributed by atoms with van der Waals surface area (Å²) >= 11 is 5.49. The van der Waals surface area contributed by atoms with Crippen LogP contribution in [0.4, 0.5) is 17.1 Å². The first-order chi connectivity index (χ1) is 17.8. The number of piperidine rings is 1. The van der Waals surface area contributed by atoms with Gasteiger partial charge in [0, 0.05) is 57.1 Å². The minimum Gasteiger partial charge on any atom is -0.368 e. The Balaban J connectivity index is 1.32. The summed E-state index contributed by atoms with van der Waals surface area (Å²) in [6.45, 7) is 8.75. The van der Waals surface area contributed by atoms with Crippen molar-refractivity contribution in [1.82, 2.24) is 10.2 Å². The molecule has 2 aliphatic rings. The minimum absolute atomic E-state index is 0.164. The van der Waals surface area contributed by atoms with Crippen molar-refractivity contribution in [3.05, 3.63) is 69.8 Å². The number of thiocarbonyl (C=S) groups is 1. The molecule has 2 heterocycles. The first-order valence-corrected chi connectivity index (χ1v) is 13.4. The Kier molecular flexibility index (Phi) is 8.76. The fraction of sp³-hybridized carbons (Fsp3) is 0.429. The lowest BCUT2D eigenvalue weighted by Gasteiger charge is -2.37. The van der Waals surface area contributed by atoms with E-state index in [0.29, 0.717) is 42.9 Å². The molecule has 8 nitrogen and oxygen atoms in total. The molecule has 2 aromatic carbocycles. The lowest BCUT2D eigenvalue weighted by atomic mass is 10.0. The van der Waals surface area contributed by atoms with E-state index >= 15 is 0 Å². The molecule has 0 spiro atoms. The number of piperazine rings is 1. The fourth-order valence-corrected chi connectivity index (χ4v) is 5.09. The standard InChI is InChI=1S/C28H35N5O3S/c1-21(2)23-9-6-22(7-10-23)8-13-27(34)29-28(37)32-18-16-30(17-19-32)24-11-12-25(33(35)36)26(20-24)31-14-4-3-5-15-31/h6-13,20-21H,3-5,14-19H2,1-2H3,(H,29,34,37)/b13-8+. The second kappa shape index (κ2) is 12.2. The van der Waals surface area contributed by atoms with Gasteiger partial charge in [-0.25, -0.2) is 0 Å². The van der Waals surface area contributed by atoms with E-state index in [1.165, 1.54) is 18.1 Å². The van der Waals surface area contributed by atoms with Crippen LogP contribution < -0.4 is 15.1 Å². The normalized spacial score (nSPS) is 16.4. The van der Waals surface area contributed by atoms with Crippen molar-refractivity contribution in [3.63, 3.8) is 0 Å². The van der Waals surface area contributed by atoms with Gasteiger partial charge in [-0.2, -0.15) is 0 Å². The lowest BCUT2D eigenvalue weighted by molar-refractivity contribution is -0.384. The lowest BCUT2D eigenvalue weighted by Crippen LogP contribution is -2.52. The summed E-state index contributed by atoms with van der Waals surface area (Å²) in [7, 11) is 0. The van der Waals surface area contributed by atoms with E-state index in [1.54, 1.807) is 12.1 Å². The molecule has 1 amide bonds. The molecule has 0 atom stereocenters. The molecular weight excluding hydrogens is 486 g/mol. The molecule has 196 valence electrons. The van der Waals surface area contributed by atoms with E-state index in [9.17, 15) is 14.9 Å². The SMILES string of the molecule is CC(C)c1ccc(/C=C/C(=O)NC(=S)N2CCN(c3ccc([N+](=O)[O-])c(N4CCCCC4)c3)CC2)cc1. The topological polar surface area (TPSA) is 82.0 Å². The van der Waals surface area contributed by atoms with Gasteiger partial charge in [0.25, 0.3) is 5.69 Å². The summed E-state index contributed by atoms with van der Waals surface area (Å²) in [5, 5.41) is 14.9. The number of amides is 1. The molecule has 0 aromatic heterocycles. The second-order valence-corrected chi connectivity index (χ2v) is 10.3. The number of carbonyl (C=O) groups excluding carboxylic acids is 1. The van der Waals surface area contributed by atoms with Gasteiger partial charge in [0.15, 0.2) is 5.11 Å². The fourth-order valence-electron chi connectivity index (χ4n) is 4.81. The predicted molar refractivity (Wildman–Crippen MR) is 153 cm³/mol. The number of anilines is 2. The van der Waals surface area contributed by atoms with Crippen molar-refractivity contribution in [1.29, 1.82) is 0 Å².